The first kappa shape index (κ1) is 77.6. The van der Waals surface area contributed by atoms with Crippen molar-refractivity contribution in [2.24, 2.45) is 20.0 Å². The maximum atomic E-state index is 6.29. The van der Waals surface area contributed by atoms with Crippen molar-refractivity contribution in [3.63, 3.8) is 0 Å². The van der Waals surface area contributed by atoms with Crippen LogP contribution in [0.1, 0.15) is 45.0 Å². The van der Waals surface area contributed by atoms with Crippen molar-refractivity contribution in [2.75, 3.05) is 268 Å². The number of aliphatic imine (C=N–C) groups is 4. The van der Waals surface area contributed by atoms with Gasteiger partial charge in [-0.3, -0.25) is 0 Å². The smallest absolute Gasteiger partial charge is 0.244 e. The Morgan fingerprint density at radius 1 is 0.250 bits per heavy atom. The summed E-state index contributed by atoms with van der Waals surface area (Å²) in [6, 6.07) is 8.42. The molecular weight excluding hydrogens is 1290 g/mol. The zero-order valence-electron chi connectivity index (χ0n) is 59.9. The fourth-order valence-electron chi connectivity index (χ4n) is 12.6. The largest absolute Gasteiger partial charge is 0.382 e. The van der Waals surface area contributed by atoms with Crippen molar-refractivity contribution in [3.8, 4) is 0 Å². The Kier molecular flexibility index (Phi) is 31.7. The van der Waals surface area contributed by atoms with Crippen molar-refractivity contribution in [1.29, 1.82) is 0 Å². The van der Waals surface area contributed by atoms with E-state index >= 15 is 0 Å². The molecule has 8 bridgehead atoms. The first-order valence-electron chi connectivity index (χ1n) is 34.4. The molecule has 0 saturated carbocycles. The van der Waals surface area contributed by atoms with Crippen LogP contribution in [0.5, 0.6) is 0 Å². The van der Waals surface area contributed by atoms with Crippen LogP contribution >= 0.6 is 0 Å². The molecule has 0 aliphatic carbocycles. The molecule has 6 aliphatic rings. The average molecular weight is 1400 g/mol. The summed E-state index contributed by atoms with van der Waals surface area (Å²) in [4.78, 5) is 41.0. The van der Waals surface area contributed by atoms with E-state index in [4.69, 9.17) is 106 Å². The number of aromatic amines is 2. The van der Waals surface area contributed by atoms with E-state index in [1.54, 1.807) is 56.9 Å². The van der Waals surface area contributed by atoms with Crippen LogP contribution in [0.15, 0.2) is 93.8 Å². The molecule has 0 amide bonds. The van der Waals surface area contributed by atoms with E-state index in [1.807, 2.05) is 24.8 Å². The molecule has 9 rings (SSSR count). The molecule has 0 spiro atoms. The summed E-state index contributed by atoms with van der Waals surface area (Å²) < 4.78 is 94.7. The third-order valence-electron chi connectivity index (χ3n) is 18.1. The van der Waals surface area contributed by atoms with Crippen LogP contribution < -0.4 is 0 Å². The monoisotopic (exact) mass is 1390 g/mol. The topological polar surface area (TPSA) is 254 Å². The number of nitrogens with zero attached hydrogens (tertiary/aromatic N) is 10. The summed E-state index contributed by atoms with van der Waals surface area (Å²) in [5.74, 6) is 2.95. The van der Waals surface area contributed by atoms with Gasteiger partial charge in [0.25, 0.3) is 0 Å². The van der Waals surface area contributed by atoms with E-state index < -0.39 is 0 Å². The predicted octanol–water partition coefficient (Wildman–Crippen LogP) is 6.15. The van der Waals surface area contributed by atoms with Crippen LogP contribution in [0.25, 0.3) is 46.4 Å². The zero-order valence-corrected chi connectivity index (χ0v) is 59.9. The van der Waals surface area contributed by atoms with E-state index in [-0.39, 0.29) is 17.9 Å². The third kappa shape index (κ3) is 20.0. The maximum absolute atomic E-state index is 6.29. The van der Waals surface area contributed by atoms with Gasteiger partial charge in [-0.2, -0.15) is 20.0 Å². The highest BCUT2D eigenvalue weighted by atomic mass is 16.5. The number of amidine groups is 4. The highest BCUT2D eigenvalue weighted by Gasteiger charge is 2.45. The highest BCUT2D eigenvalue weighted by Crippen LogP contribution is 2.37. The summed E-state index contributed by atoms with van der Waals surface area (Å²) in [6.45, 7) is 14.2. The second kappa shape index (κ2) is 40.9. The number of H-pyrrole nitrogens is 2. The second-order valence-corrected chi connectivity index (χ2v) is 24.3. The standard InChI is InChI=1S/C72H106N12O16/c1-85-41-49-93-33-25-81(26-34-94-50-42-86-2)21-17-73-69(81)65-57-9-11-59(77-57)66(70-74-18-22-82(70,27-35-95-51-43-87-3)28-36-96-52-44-88-4)61-13-15-63(79-61)68(72-76-20-24-84(72,31-39-99-55-47-91-7)32-40-100-56-48-92-8)64-16-14-62(80-64)67(60-12-10-58(65)78-60)71-75-19-23-83(71,29-37-97-53-45-89-5)30-38-98-54-46-90-6/h9-24,77,80H,25-56H2,1-8H3/q+4. The van der Waals surface area contributed by atoms with Gasteiger partial charge in [-0.25, -0.2) is 27.9 Å². The van der Waals surface area contributed by atoms with Gasteiger partial charge in [0.15, 0.2) is 0 Å². The number of hydrogen-bond donors (Lipinski definition) is 2. The first-order chi connectivity index (χ1) is 49.2. The van der Waals surface area contributed by atoms with Crippen LogP contribution in [-0.4, -0.2) is 329 Å². The lowest BCUT2D eigenvalue weighted by atomic mass is 10.1. The molecule has 3 aromatic heterocycles. The van der Waals surface area contributed by atoms with Crippen LogP contribution in [-0.2, 0) is 75.8 Å². The average Bonchev–Trinajstić information content (AvgIpc) is 1.58. The first-order valence-corrected chi connectivity index (χ1v) is 34.4. The molecule has 546 valence electrons. The van der Waals surface area contributed by atoms with Crippen LogP contribution in [0.2, 0.25) is 0 Å². The summed E-state index contributed by atoms with van der Waals surface area (Å²) >= 11 is 0. The van der Waals surface area contributed by atoms with E-state index in [1.165, 1.54) is 0 Å². The Morgan fingerprint density at radius 3 is 0.600 bits per heavy atom. The Labute approximate surface area is 587 Å². The van der Waals surface area contributed by atoms with E-state index in [9.17, 15) is 0 Å². The van der Waals surface area contributed by atoms with Gasteiger partial charge < -0.3 is 85.8 Å². The molecule has 100 heavy (non-hydrogen) atoms. The van der Waals surface area contributed by atoms with Gasteiger partial charge in [0, 0.05) is 56.9 Å². The molecule has 28 nitrogen and oxygen atoms in total. The highest BCUT2D eigenvalue weighted by molar-refractivity contribution is 6.12. The van der Waals surface area contributed by atoms with E-state index in [0.29, 0.717) is 234 Å². The number of rotatable bonds is 52. The minimum atomic E-state index is 0.272. The van der Waals surface area contributed by atoms with Gasteiger partial charge in [0.2, 0.25) is 23.3 Å². The SMILES string of the molecule is COCCOCC[N+]1(CCOCCOC)C=CN=C1c1c2nc(c(C3=NC=C[N+]3(CCOCCOC)CCOCCOC)c3ccc([nH]3)c(C3=NC=C[N+]3(CCOCCOC)CCOCCOC)c3nc(c(C4=NC=C[N+]4(CCOCCOC)CCOCCOC)c4ccc1[nH]4)C=C3)C=C2. The molecule has 0 atom stereocenters. The fraction of sp³-hybridized carbons (Fsp3) is 0.556. The third-order valence-corrected chi connectivity index (χ3v) is 18.1. The summed E-state index contributed by atoms with van der Waals surface area (Å²) in [5.41, 5.74) is 8.64. The second-order valence-electron chi connectivity index (χ2n) is 24.3. The van der Waals surface area contributed by atoms with Crippen molar-refractivity contribution in [2.45, 2.75) is 0 Å². The number of aromatic nitrogens is 4. The Bertz CT molecular complexity index is 3070. The lowest BCUT2D eigenvalue weighted by Gasteiger charge is -2.33. The van der Waals surface area contributed by atoms with Gasteiger partial charge in [-0.1, -0.05) is 0 Å². The number of ether oxygens (including phenoxy) is 16. The number of hydrogen-bond acceptors (Lipinski definition) is 22. The minimum Gasteiger partial charge on any atom is -0.382 e. The minimum absolute atomic E-state index is 0.272. The molecule has 0 radical (unpaired) electrons. The lowest BCUT2D eigenvalue weighted by molar-refractivity contribution is -0.787. The molecule has 2 N–H and O–H groups in total. The van der Waals surface area contributed by atoms with Crippen LogP contribution in [0, 0.1) is 0 Å². The Morgan fingerprint density at radius 2 is 0.430 bits per heavy atom. The van der Waals surface area contributed by atoms with Crippen LogP contribution in [0.3, 0.4) is 0 Å². The lowest BCUT2D eigenvalue weighted by Crippen LogP contribution is -2.51. The van der Waals surface area contributed by atoms with Crippen molar-refractivity contribution in [1.82, 2.24) is 19.9 Å². The quantitative estimate of drug-likeness (QED) is 0.0327. The molecule has 0 fully saturated rings. The van der Waals surface area contributed by atoms with Gasteiger partial charge in [0.05, 0.1) is 228 Å². The van der Waals surface area contributed by atoms with Crippen molar-refractivity contribution >= 4 is 69.7 Å². The molecular formula is C72H106N12O16+4. The van der Waals surface area contributed by atoms with Gasteiger partial charge >= 0.3 is 0 Å². The van der Waals surface area contributed by atoms with Gasteiger partial charge in [-0.15, -0.1) is 0 Å². The number of fused-ring (bicyclic) bond motifs is 8. The molecule has 0 aromatic carbocycles. The molecule has 6 aliphatic heterocycles. The maximum Gasteiger partial charge on any atom is 0.244 e. The zero-order chi connectivity index (χ0) is 70.1. The fourth-order valence-corrected chi connectivity index (χ4v) is 12.6. The van der Waals surface area contributed by atoms with E-state index in [2.05, 4.69) is 83.3 Å². The van der Waals surface area contributed by atoms with Crippen molar-refractivity contribution in [3.05, 3.63) is 119 Å². The summed E-state index contributed by atoms with van der Waals surface area (Å²) in [7, 11) is 13.4. The number of nitrogens with one attached hydrogen (secondary N) is 2. The van der Waals surface area contributed by atoms with E-state index in [0.717, 1.165) is 67.7 Å². The summed E-state index contributed by atoms with van der Waals surface area (Å²) in [6.07, 6.45) is 24.3. The molecule has 0 saturated heterocycles. The van der Waals surface area contributed by atoms with Crippen molar-refractivity contribution < 1.29 is 93.7 Å². The Hall–Kier alpha value is -6.56. The molecule has 3 aromatic rings. The number of methoxy groups -OCH3 is 8. The van der Waals surface area contributed by atoms with Gasteiger partial charge in [-0.05, 0) is 48.6 Å². The van der Waals surface area contributed by atoms with Crippen LogP contribution in [0.4, 0.5) is 0 Å². The number of quaternary nitrogens is 4. The Balaban J connectivity index is 1.37. The molecule has 28 heteroatoms. The van der Waals surface area contributed by atoms with Gasteiger partial charge in [0.1, 0.15) is 99.4 Å². The molecule has 0 unspecified atom stereocenters. The summed E-state index contributed by atoms with van der Waals surface area (Å²) in [5, 5.41) is 0. The predicted molar refractivity (Wildman–Crippen MR) is 383 cm³/mol. The molecule has 9 heterocycles. The normalized spacial score (nSPS) is 16.6.